The topological polar surface area (TPSA) is 51.2 Å². The number of carbonyl (C=O) groups excluding carboxylic acids is 3. The van der Waals surface area contributed by atoms with Crippen molar-refractivity contribution in [3.63, 3.8) is 0 Å². The van der Waals surface area contributed by atoms with Crippen LogP contribution < -0.4 is 0 Å². The Morgan fingerprint density at radius 3 is 2.03 bits per heavy atom. The lowest BCUT2D eigenvalue weighted by Gasteiger charge is -2.09. The van der Waals surface area contributed by atoms with Crippen LogP contribution in [0.1, 0.15) is 79.6 Å². The molecular weight excluding hydrogens is 372 g/mol. The van der Waals surface area contributed by atoms with Crippen molar-refractivity contribution in [1.82, 2.24) is 0 Å². The minimum Gasteiger partial charge on any atom is -0.298 e. The summed E-state index contributed by atoms with van der Waals surface area (Å²) in [5.41, 5.74) is 5.80. The lowest BCUT2D eigenvalue weighted by molar-refractivity contribution is -0.115. The van der Waals surface area contributed by atoms with E-state index in [-0.39, 0.29) is 11.6 Å². The molecule has 1 aliphatic rings. The summed E-state index contributed by atoms with van der Waals surface area (Å²) < 4.78 is 0. The van der Waals surface area contributed by atoms with Gasteiger partial charge in [0.15, 0.2) is 11.6 Å². The van der Waals surface area contributed by atoms with E-state index >= 15 is 0 Å². The minimum atomic E-state index is -0.101. The molecule has 0 unspecified atom stereocenters. The number of hydrogen-bond donors (Lipinski definition) is 0. The molecule has 1 rings (SSSR count). The van der Waals surface area contributed by atoms with Gasteiger partial charge in [-0.2, -0.15) is 0 Å². The van der Waals surface area contributed by atoms with Gasteiger partial charge in [-0.1, -0.05) is 41.0 Å². The Morgan fingerprint density at radius 2 is 1.40 bits per heavy atom. The zero-order valence-electron chi connectivity index (χ0n) is 19.2. The maximum absolute atomic E-state index is 12.1. The first-order valence-corrected chi connectivity index (χ1v) is 10.8. The molecule has 0 fully saturated rings. The van der Waals surface area contributed by atoms with Gasteiger partial charge in [0.25, 0.3) is 0 Å². The number of carbonyl (C=O) groups is 3. The van der Waals surface area contributed by atoms with Crippen LogP contribution in [0.4, 0.5) is 0 Å². The molecule has 0 saturated heterocycles. The summed E-state index contributed by atoms with van der Waals surface area (Å²) in [6, 6.07) is 0. The standard InChI is InChI=1S/C27H36O3/c1-20(2)9-6-13-24(19-28)14-8-12-21(3)10-7-11-22(4)15-16-25-18-26(29)17-23(5)27(25)30/h9-10,14-15,17-19H,6-8,11-13,16H2,1-5H3/b21-10+,22-15+,24-14-. The van der Waals surface area contributed by atoms with Crippen LogP contribution in [0.5, 0.6) is 0 Å². The maximum Gasteiger partial charge on any atom is 0.185 e. The second kappa shape index (κ2) is 13.6. The van der Waals surface area contributed by atoms with Crippen molar-refractivity contribution in [3.8, 4) is 0 Å². The molecule has 3 heteroatoms. The van der Waals surface area contributed by atoms with E-state index in [1.54, 1.807) is 6.92 Å². The van der Waals surface area contributed by atoms with Gasteiger partial charge in [-0.15, -0.1) is 0 Å². The van der Waals surface area contributed by atoms with Crippen molar-refractivity contribution in [1.29, 1.82) is 0 Å². The lowest BCUT2D eigenvalue weighted by atomic mass is 9.94. The fourth-order valence-corrected chi connectivity index (χ4v) is 3.22. The van der Waals surface area contributed by atoms with Gasteiger partial charge in [0, 0.05) is 11.1 Å². The molecular formula is C27H36O3. The van der Waals surface area contributed by atoms with Crippen molar-refractivity contribution in [2.75, 3.05) is 0 Å². The van der Waals surface area contributed by atoms with Gasteiger partial charge in [-0.05, 0) is 97.3 Å². The van der Waals surface area contributed by atoms with Gasteiger partial charge in [0.05, 0.1) is 0 Å². The quantitative estimate of drug-likeness (QED) is 0.156. The van der Waals surface area contributed by atoms with Gasteiger partial charge in [0.2, 0.25) is 0 Å². The van der Waals surface area contributed by atoms with Crippen LogP contribution in [0, 0.1) is 0 Å². The van der Waals surface area contributed by atoms with Gasteiger partial charge in [-0.25, -0.2) is 0 Å². The minimum absolute atomic E-state index is 0.0296. The van der Waals surface area contributed by atoms with Crippen LogP contribution >= 0.6 is 0 Å². The van der Waals surface area contributed by atoms with Crippen molar-refractivity contribution < 1.29 is 14.4 Å². The Morgan fingerprint density at radius 1 is 0.800 bits per heavy atom. The molecule has 0 spiro atoms. The summed E-state index contributed by atoms with van der Waals surface area (Å²) in [6.07, 6.45) is 18.3. The third kappa shape index (κ3) is 10.3. The van der Waals surface area contributed by atoms with Gasteiger partial charge in [-0.3, -0.25) is 14.4 Å². The Kier molecular flexibility index (Phi) is 11.6. The van der Waals surface area contributed by atoms with E-state index < -0.39 is 0 Å². The fraction of sp³-hybridized carbons (Fsp3) is 0.444. The Hall–Kier alpha value is -2.55. The van der Waals surface area contributed by atoms with Crippen molar-refractivity contribution >= 4 is 17.9 Å². The van der Waals surface area contributed by atoms with Gasteiger partial charge in [0.1, 0.15) is 6.29 Å². The second-order valence-corrected chi connectivity index (χ2v) is 8.33. The number of rotatable bonds is 12. The summed E-state index contributed by atoms with van der Waals surface area (Å²) in [7, 11) is 0. The highest BCUT2D eigenvalue weighted by Gasteiger charge is 2.17. The first-order chi connectivity index (χ1) is 14.2. The average Bonchev–Trinajstić information content (AvgIpc) is 2.68. The molecule has 0 aromatic carbocycles. The molecule has 0 amide bonds. The lowest BCUT2D eigenvalue weighted by Crippen LogP contribution is -2.12. The van der Waals surface area contributed by atoms with E-state index in [1.807, 2.05) is 6.08 Å². The Bertz CT molecular complexity index is 822. The highest BCUT2D eigenvalue weighted by Crippen LogP contribution is 2.18. The Labute approximate surface area is 182 Å². The molecule has 0 saturated carbocycles. The zero-order valence-corrected chi connectivity index (χ0v) is 19.2. The zero-order chi connectivity index (χ0) is 22.5. The largest absolute Gasteiger partial charge is 0.298 e. The van der Waals surface area contributed by atoms with E-state index in [0.29, 0.717) is 17.6 Å². The molecule has 162 valence electrons. The molecule has 0 aromatic rings. The summed E-state index contributed by atoms with van der Waals surface area (Å²) in [5.74, 6) is -0.131. The summed E-state index contributed by atoms with van der Waals surface area (Å²) >= 11 is 0. The predicted molar refractivity (Wildman–Crippen MR) is 125 cm³/mol. The van der Waals surface area contributed by atoms with E-state index in [9.17, 15) is 14.4 Å². The first-order valence-electron chi connectivity index (χ1n) is 10.8. The van der Waals surface area contributed by atoms with E-state index in [0.717, 1.165) is 50.4 Å². The number of aldehydes is 1. The molecule has 0 heterocycles. The molecule has 30 heavy (non-hydrogen) atoms. The third-order valence-corrected chi connectivity index (χ3v) is 5.11. The Balaban J connectivity index is 2.41. The molecule has 0 N–H and O–H groups in total. The van der Waals surface area contributed by atoms with Crippen LogP contribution in [-0.4, -0.2) is 17.9 Å². The molecule has 0 aliphatic heterocycles. The van der Waals surface area contributed by atoms with Crippen molar-refractivity contribution in [3.05, 3.63) is 69.9 Å². The third-order valence-electron chi connectivity index (χ3n) is 5.11. The van der Waals surface area contributed by atoms with Gasteiger partial charge < -0.3 is 0 Å². The first kappa shape index (κ1) is 25.5. The van der Waals surface area contributed by atoms with E-state index in [4.69, 9.17) is 0 Å². The van der Waals surface area contributed by atoms with Gasteiger partial charge >= 0.3 is 0 Å². The fourth-order valence-electron chi connectivity index (χ4n) is 3.22. The molecule has 0 aromatic heterocycles. The highest BCUT2D eigenvalue weighted by atomic mass is 16.1. The molecule has 1 aliphatic carbocycles. The number of Topliss-reactive ketones (excluding diaryl/α,β-unsaturated/α-hetero) is 1. The molecule has 0 atom stereocenters. The summed E-state index contributed by atoms with van der Waals surface area (Å²) in [5, 5.41) is 0. The van der Waals surface area contributed by atoms with Crippen LogP contribution in [-0.2, 0) is 14.4 Å². The molecule has 0 radical (unpaired) electrons. The number of hydrogen-bond acceptors (Lipinski definition) is 3. The van der Waals surface area contributed by atoms with Crippen LogP contribution in [0.2, 0.25) is 0 Å². The summed E-state index contributed by atoms with van der Waals surface area (Å²) in [4.78, 5) is 34.9. The number of ketones is 2. The van der Waals surface area contributed by atoms with Crippen LogP contribution in [0.25, 0.3) is 0 Å². The normalized spacial score (nSPS) is 15.7. The van der Waals surface area contributed by atoms with E-state index in [1.165, 1.54) is 28.9 Å². The average molecular weight is 409 g/mol. The van der Waals surface area contributed by atoms with Crippen molar-refractivity contribution in [2.45, 2.75) is 79.6 Å². The van der Waals surface area contributed by atoms with Crippen LogP contribution in [0.3, 0.4) is 0 Å². The molecule has 3 nitrogen and oxygen atoms in total. The van der Waals surface area contributed by atoms with Crippen molar-refractivity contribution in [2.24, 2.45) is 0 Å². The maximum atomic E-state index is 12.1. The molecule has 0 bridgehead atoms. The number of allylic oxidation sites excluding steroid dienone is 12. The van der Waals surface area contributed by atoms with E-state index in [2.05, 4.69) is 45.9 Å². The summed E-state index contributed by atoms with van der Waals surface area (Å²) in [6.45, 7) is 10.0. The monoisotopic (exact) mass is 408 g/mol. The smallest absolute Gasteiger partial charge is 0.185 e. The predicted octanol–water partition coefficient (Wildman–Crippen LogP) is 6.73. The highest BCUT2D eigenvalue weighted by molar-refractivity contribution is 6.20. The van der Waals surface area contributed by atoms with Crippen LogP contribution in [0.15, 0.2) is 69.9 Å². The SMILES string of the molecule is CC(C)=CCC/C(C=O)=C/CC/C(C)=C/CC/C(C)=C/CC1=CC(=O)C=C(C)C1=O. The second-order valence-electron chi connectivity index (χ2n) is 8.33.